The van der Waals surface area contributed by atoms with Gasteiger partial charge in [0.05, 0.1) is 5.56 Å². The third-order valence-electron chi connectivity index (χ3n) is 2.77. The predicted octanol–water partition coefficient (Wildman–Crippen LogP) is 3.40. The molecule has 0 bridgehead atoms. The van der Waals surface area contributed by atoms with Gasteiger partial charge in [-0.3, -0.25) is 0 Å². The Morgan fingerprint density at radius 3 is 2.33 bits per heavy atom. The largest absolute Gasteiger partial charge is 0.399 e. The van der Waals surface area contributed by atoms with Gasteiger partial charge >= 0.3 is 0 Å². The molecule has 0 aliphatic carbocycles. The lowest BCUT2D eigenvalue weighted by Gasteiger charge is -1.98. The number of hydrogen-bond acceptors (Lipinski definition) is 4. The molecule has 0 aliphatic heterocycles. The number of halogens is 3. The normalized spacial score (nSPS) is 10.8. The standard InChI is InChI=1S/C14H8F3N3O/c15-8-3-7(4-9(16)5-8)13-19-14(21-20-13)11-2-1-10(18)6-12(11)17/h1-6H,18H2. The van der Waals surface area contributed by atoms with Crippen LogP contribution in [0.4, 0.5) is 18.9 Å². The van der Waals surface area contributed by atoms with Crippen molar-refractivity contribution in [2.75, 3.05) is 5.73 Å². The van der Waals surface area contributed by atoms with Crippen LogP contribution in [0.5, 0.6) is 0 Å². The molecule has 2 N–H and O–H groups in total. The predicted molar refractivity (Wildman–Crippen MR) is 69.5 cm³/mol. The lowest BCUT2D eigenvalue weighted by atomic mass is 10.2. The zero-order chi connectivity index (χ0) is 15.0. The maximum absolute atomic E-state index is 13.7. The molecule has 0 spiro atoms. The Hall–Kier alpha value is -2.83. The Balaban J connectivity index is 2.03. The first kappa shape index (κ1) is 13.2. The number of benzene rings is 2. The summed E-state index contributed by atoms with van der Waals surface area (Å²) in [6.45, 7) is 0. The molecule has 0 saturated heterocycles. The van der Waals surface area contributed by atoms with Crippen molar-refractivity contribution in [1.82, 2.24) is 10.1 Å². The van der Waals surface area contributed by atoms with E-state index in [1.165, 1.54) is 12.1 Å². The van der Waals surface area contributed by atoms with Gasteiger partial charge in [0, 0.05) is 17.3 Å². The van der Waals surface area contributed by atoms with Gasteiger partial charge in [-0.2, -0.15) is 4.98 Å². The van der Waals surface area contributed by atoms with E-state index in [0.29, 0.717) is 0 Å². The highest BCUT2D eigenvalue weighted by Crippen LogP contribution is 2.26. The second-order valence-corrected chi connectivity index (χ2v) is 4.32. The zero-order valence-corrected chi connectivity index (χ0v) is 10.5. The minimum absolute atomic E-state index is 0.0420. The third kappa shape index (κ3) is 2.58. The first-order chi connectivity index (χ1) is 10.0. The Morgan fingerprint density at radius 1 is 0.952 bits per heavy atom. The van der Waals surface area contributed by atoms with E-state index in [1.807, 2.05) is 0 Å². The van der Waals surface area contributed by atoms with Crippen LogP contribution in [0.25, 0.3) is 22.8 Å². The number of rotatable bonds is 2. The van der Waals surface area contributed by atoms with Crippen molar-refractivity contribution in [3.8, 4) is 22.8 Å². The van der Waals surface area contributed by atoms with Crippen LogP contribution in [0, 0.1) is 17.5 Å². The second-order valence-electron chi connectivity index (χ2n) is 4.32. The highest BCUT2D eigenvalue weighted by molar-refractivity contribution is 5.62. The smallest absolute Gasteiger partial charge is 0.261 e. The molecule has 1 aromatic heterocycles. The second kappa shape index (κ2) is 4.93. The summed E-state index contributed by atoms with van der Waals surface area (Å²) < 4.78 is 45.0. The van der Waals surface area contributed by atoms with E-state index < -0.39 is 17.5 Å². The van der Waals surface area contributed by atoms with E-state index in [9.17, 15) is 13.2 Å². The Kier molecular flexibility index (Phi) is 3.09. The average molecular weight is 291 g/mol. The van der Waals surface area contributed by atoms with Crippen molar-refractivity contribution in [3.63, 3.8) is 0 Å². The maximum atomic E-state index is 13.7. The lowest BCUT2D eigenvalue weighted by molar-refractivity contribution is 0.429. The number of nitrogen functional groups attached to an aromatic ring is 1. The summed E-state index contributed by atoms with van der Waals surface area (Å²) >= 11 is 0. The summed E-state index contributed by atoms with van der Waals surface area (Å²) in [6.07, 6.45) is 0. The van der Waals surface area contributed by atoms with E-state index in [4.69, 9.17) is 10.3 Å². The van der Waals surface area contributed by atoms with Gasteiger partial charge in [-0.1, -0.05) is 5.16 Å². The zero-order valence-electron chi connectivity index (χ0n) is 10.5. The summed E-state index contributed by atoms with van der Waals surface area (Å²) in [5.74, 6) is -2.31. The van der Waals surface area contributed by atoms with Crippen molar-refractivity contribution in [2.24, 2.45) is 0 Å². The molecule has 1 heterocycles. The average Bonchev–Trinajstić information content (AvgIpc) is 2.87. The molecule has 4 nitrogen and oxygen atoms in total. The monoisotopic (exact) mass is 291 g/mol. The van der Waals surface area contributed by atoms with Crippen LogP contribution in [0.1, 0.15) is 0 Å². The van der Waals surface area contributed by atoms with Crippen LogP contribution < -0.4 is 5.73 Å². The molecule has 0 amide bonds. The fraction of sp³-hybridized carbons (Fsp3) is 0. The Bertz CT molecular complexity index is 797. The fourth-order valence-corrected chi connectivity index (χ4v) is 1.84. The Morgan fingerprint density at radius 2 is 1.67 bits per heavy atom. The van der Waals surface area contributed by atoms with Gasteiger partial charge in [0.2, 0.25) is 5.82 Å². The van der Waals surface area contributed by atoms with Gasteiger partial charge in [0.25, 0.3) is 5.89 Å². The van der Waals surface area contributed by atoms with Crippen LogP contribution in [-0.2, 0) is 0 Å². The van der Waals surface area contributed by atoms with Crippen LogP contribution in [0.2, 0.25) is 0 Å². The van der Waals surface area contributed by atoms with E-state index in [2.05, 4.69) is 10.1 Å². The van der Waals surface area contributed by atoms with E-state index in [-0.39, 0.29) is 28.5 Å². The van der Waals surface area contributed by atoms with Gasteiger partial charge in [0.1, 0.15) is 17.5 Å². The van der Waals surface area contributed by atoms with E-state index in [1.54, 1.807) is 0 Å². The summed E-state index contributed by atoms with van der Waals surface area (Å²) in [5.41, 5.74) is 5.85. The number of nitrogens with zero attached hydrogens (tertiary/aromatic N) is 2. The van der Waals surface area contributed by atoms with Crippen molar-refractivity contribution in [1.29, 1.82) is 0 Å². The molecular weight excluding hydrogens is 283 g/mol. The molecule has 3 rings (SSSR count). The van der Waals surface area contributed by atoms with Crippen molar-refractivity contribution in [2.45, 2.75) is 0 Å². The van der Waals surface area contributed by atoms with E-state index in [0.717, 1.165) is 24.3 Å². The number of hydrogen-bond donors (Lipinski definition) is 1. The highest BCUT2D eigenvalue weighted by Gasteiger charge is 2.15. The first-order valence-electron chi connectivity index (χ1n) is 5.88. The molecular formula is C14H8F3N3O. The molecule has 0 atom stereocenters. The SMILES string of the molecule is Nc1ccc(-c2nc(-c3cc(F)cc(F)c3)no2)c(F)c1. The van der Waals surface area contributed by atoms with Crippen LogP contribution in [-0.4, -0.2) is 10.1 Å². The number of aromatic nitrogens is 2. The third-order valence-corrected chi connectivity index (χ3v) is 2.77. The molecule has 3 aromatic rings. The summed E-state index contributed by atoms with van der Waals surface area (Å²) in [4.78, 5) is 3.93. The molecule has 0 radical (unpaired) electrons. The van der Waals surface area contributed by atoms with Gasteiger partial charge in [-0.05, 0) is 30.3 Å². The van der Waals surface area contributed by atoms with Gasteiger partial charge in [0.15, 0.2) is 0 Å². The summed E-state index contributed by atoms with van der Waals surface area (Å²) in [5, 5.41) is 3.59. The molecule has 0 unspecified atom stereocenters. The molecule has 7 heteroatoms. The van der Waals surface area contributed by atoms with Crippen LogP contribution >= 0.6 is 0 Å². The summed E-state index contributed by atoms with van der Waals surface area (Å²) in [6, 6.07) is 6.80. The lowest BCUT2D eigenvalue weighted by Crippen LogP contribution is -1.90. The molecule has 2 aromatic carbocycles. The van der Waals surface area contributed by atoms with Crippen LogP contribution in [0.15, 0.2) is 40.9 Å². The molecule has 106 valence electrons. The van der Waals surface area contributed by atoms with Gasteiger partial charge in [-0.15, -0.1) is 0 Å². The van der Waals surface area contributed by atoms with E-state index >= 15 is 0 Å². The number of anilines is 1. The molecule has 0 fully saturated rings. The maximum Gasteiger partial charge on any atom is 0.261 e. The van der Waals surface area contributed by atoms with Crippen molar-refractivity contribution in [3.05, 3.63) is 53.8 Å². The molecule has 0 saturated carbocycles. The topological polar surface area (TPSA) is 64.9 Å². The first-order valence-corrected chi connectivity index (χ1v) is 5.88. The van der Waals surface area contributed by atoms with Crippen molar-refractivity contribution >= 4 is 5.69 Å². The quantitative estimate of drug-likeness (QED) is 0.735. The summed E-state index contributed by atoms with van der Waals surface area (Å²) in [7, 11) is 0. The van der Waals surface area contributed by atoms with Gasteiger partial charge < -0.3 is 10.3 Å². The molecule has 0 aliphatic rings. The Labute approximate surface area is 117 Å². The minimum atomic E-state index is -0.769. The van der Waals surface area contributed by atoms with Gasteiger partial charge in [-0.25, -0.2) is 13.2 Å². The minimum Gasteiger partial charge on any atom is -0.399 e. The molecule has 21 heavy (non-hydrogen) atoms. The fourth-order valence-electron chi connectivity index (χ4n) is 1.84. The highest BCUT2D eigenvalue weighted by atomic mass is 19.1. The van der Waals surface area contributed by atoms with Crippen molar-refractivity contribution < 1.29 is 17.7 Å². The number of nitrogens with two attached hydrogens (primary N) is 1. The van der Waals surface area contributed by atoms with Crippen LogP contribution in [0.3, 0.4) is 0 Å².